The van der Waals surface area contributed by atoms with Gasteiger partial charge in [0, 0.05) is 17.7 Å². The van der Waals surface area contributed by atoms with Crippen molar-refractivity contribution in [3.05, 3.63) is 29.8 Å². The average Bonchev–Trinajstić information content (AvgIpc) is 2.72. The van der Waals surface area contributed by atoms with E-state index in [1.54, 1.807) is 0 Å². The Morgan fingerprint density at radius 1 is 1.32 bits per heavy atom. The van der Waals surface area contributed by atoms with Crippen molar-refractivity contribution in [1.29, 1.82) is 0 Å². The molecule has 0 radical (unpaired) electrons. The SMILES string of the molecule is Cc1ccc(-c2nnc(SCCC(N)=O)n2N)cc1. The zero-order valence-corrected chi connectivity index (χ0v) is 11.4. The smallest absolute Gasteiger partial charge is 0.218 e. The van der Waals surface area contributed by atoms with Crippen LogP contribution in [0.25, 0.3) is 11.4 Å². The first-order chi connectivity index (χ1) is 9.08. The third-order valence-electron chi connectivity index (χ3n) is 2.55. The Labute approximate surface area is 115 Å². The molecular weight excluding hydrogens is 262 g/mol. The summed E-state index contributed by atoms with van der Waals surface area (Å²) in [6, 6.07) is 7.87. The fraction of sp³-hybridized carbons (Fsp3) is 0.250. The van der Waals surface area contributed by atoms with Gasteiger partial charge in [-0.15, -0.1) is 10.2 Å². The van der Waals surface area contributed by atoms with Gasteiger partial charge in [0.05, 0.1) is 0 Å². The molecule has 0 bridgehead atoms. The van der Waals surface area contributed by atoms with Crippen molar-refractivity contribution < 1.29 is 4.79 Å². The number of aryl methyl sites for hydroxylation is 1. The lowest BCUT2D eigenvalue weighted by Gasteiger charge is -2.03. The second-order valence-electron chi connectivity index (χ2n) is 4.11. The lowest BCUT2D eigenvalue weighted by Crippen LogP contribution is -2.13. The number of primary amides is 1. The number of aromatic nitrogens is 3. The van der Waals surface area contributed by atoms with Crippen molar-refractivity contribution in [1.82, 2.24) is 14.9 Å². The molecule has 0 aliphatic carbocycles. The number of benzene rings is 1. The van der Waals surface area contributed by atoms with E-state index in [9.17, 15) is 4.79 Å². The summed E-state index contributed by atoms with van der Waals surface area (Å²) >= 11 is 1.36. The van der Waals surface area contributed by atoms with Crippen molar-refractivity contribution in [3.63, 3.8) is 0 Å². The van der Waals surface area contributed by atoms with E-state index in [0.717, 1.165) is 5.56 Å². The van der Waals surface area contributed by atoms with E-state index in [4.69, 9.17) is 11.6 Å². The molecule has 2 aromatic rings. The van der Waals surface area contributed by atoms with Gasteiger partial charge in [0.2, 0.25) is 11.1 Å². The van der Waals surface area contributed by atoms with E-state index in [2.05, 4.69) is 10.2 Å². The van der Waals surface area contributed by atoms with Crippen LogP contribution in [0.2, 0.25) is 0 Å². The van der Waals surface area contributed by atoms with Crippen molar-refractivity contribution in [2.75, 3.05) is 11.6 Å². The summed E-state index contributed by atoms with van der Waals surface area (Å²) in [5.41, 5.74) is 7.15. The van der Waals surface area contributed by atoms with Gasteiger partial charge in [0.1, 0.15) is 0 Å². The molecule has 0 saturated heterocycles. The Morgan fingerprint density at radius 2 is 2.00 bits per heavy atom. The lowest BCUT2D eigenvalue weighted by atomic mass is 10.1. The summed E-state index contributed by atoms with van der Waals surface area (Å²) in [7, 11) is 0. The topological polar surface area (TPSA) is 99.8 Å². The molecule has 4 N–H and O–H groups in total. The molecule has 1 aromatic carbocycles. The molecule has 1 aromatic heterocycles. The maximum absolute atomic E-state index is 10.7. The van der Waals surface area contributed by atoms with Crippen LogP contribution in [0.1, 0.15) is 12.0 Å². The van der Waals surface area contributed by atoms with Crippen LogP contribution in [0.15, 0.2) is 29.4 Å². The zero-order valence-electron chi connectivity index (χ0n) is 10.5. The first kappa shape index (κ1) is 13.4. The van der Waals surface area contributed by atoms with E-state index in [-0.39, 0.29) is 12.3 Å². The normalized spacial score (nSPS) is 10.6. The fourth-order valence-electron chi connectivity index (χ4n) is 1.52. The minimum atomic E-state index is -0.339. The van der Waals surface area contributed by atoms with Gasteiger partial charge in [-0.3, -0.25) is 4.79 Å². The van der Waals surface area contributed by atoms with Crippen LogP contribution >= 0.6 is 11.8 Å². The van der Waals surface area contributed by atoms with Crippen molar-refractivity contribution in [3.8, 4) is 11.4 Å². The van der Waals surface area contributed by atoms with Gasteiger partial charge in [0.25, 0.3) is 0 Å². The van der Waals surface area contributed by atoms with Crippen LogP contribution < -0.4 is 11.6 Å². The summed E-state index contributed by atoms with van der Waals surface area (Å²) < 4.78 is 1.43. The summed E-state index contributed by atoms with van der Waals surface area (Å²) in [6.07, 6.45) is 0.289. The molecular formula is C12H15N5OS. The van der Waals surface area contributed by atoms with Crippen LogP contribution in [-0.4, -0.2) is 26.5 Å². The van der Waals surface area contributed by atoms with Crippen molar-refractivity contribution in [2.24, 2.45) is 5.73 Å². The van der Waals surface area contributed by atoms with Gasteiger partial charge in [-0.1, -0.05) is 41.6 Å². The summed E-state index contributed by atoms with van der Waals surface area (Å²) in [5, 5.41) is 8.64. The molecule has 7 heteroatoms. The van der Waals surface area contributed by atoms with Gasteiger partial charge in [-0.25, -0.2) is 4.68 Å². The monoisotopic (exact) mass is 277 g/mol. The quantitative estimate of drug-likeness (QED) is 0.625. The van der Waals surface area contributed by atoms with Gasteiger partial charge < -0.3 is 11.6 Å². The van der Waals surface area contributed by atoms with E-state index in [0.29, 0.717) is 16.7 Å². The highest BCUT2D eigenvalue weighted by Crippen LogP contribution is 2.22. The van der Waals surface area contributed by atoms with Crippen molar-refractivity contribution >= 4 is 17.7 Å². The Hall–Kier alpha value is -2.02. The molecule has 19 heavy (non-hydrogen) atoms. The van der Waals surface area contributed by atoms with Gasteiger partial charge in [-0.05, 0) is 6.92 Å². The van der Waals surface area contributed by atoms with Crippen LogP contribution in [0.5, 0.6) is 0 Å². The van der Waals surface area contributed by atoms with E-state index in [1.807, 2.05) is 31.2 Å². The van der Waals surface area contributed by atoms with E-state index >= 15 is 0 Å². The van der Waals surface area contributed by atoms with Crippen molar-refractivity contribution in [2.45, 2.75) is 18.5 Å². The van der Waals surface area contributed by atoms with Crippen LogP contribution in [0, 0.1) is 6.92 Å². The highest BCUT2D eigenvalue weighted by molar-refractivity contribution is 7.99. The molecule has 100 valence electrons. The number of carbonyl (C=O) groups is 1. The number of hydrogen-bond donors (Lipinski definition) is 2. The predicted octanol–water partition coefficient (Wildman–Crippen LogP) is 0.935. The molecule has 0 atom stereocenters. The molecule has 0 spiro atoms. The maximum Gasteiger partial charge on any atom is 0.218 e. The Balaban J connectivity index is 2.13. The molecule has 0 saturated carbocycles. The van der Waals surface area contributed by atoms with Gasteiger partial charge in [-0.2, -0.15) is 0 Å². The fourth-order valence-corrected chi connectivity index (χ4v) is 2.33. The minimum Gasteiger partial charge on any atom is -0.370 e. The highest BCUT2D eigenvalue weighted by Gasteiger charge is 2.12. The number of thioether (sulfide) groups is 1. The number of nitrogens with two attached hydrogens (primary N) is 2. The first-order valence-corrected chi connectivity index (χ1v) is 6.75. The molecule has 0 fully saturated rings. The molecule has 1 amide bonds. The van der Waals surface area contributed by atoms with Crippen LogP contribution in [0.3, 0.4) is 0 Å². The van der Waals surface area contributed by atoms with E-state index < -0.39 is 0 Å². The predicted molar refractivity (Wildman–Crippen MR) is 74.9 cm³/mol. The van der Waals surface area contributed by atoms with E-state index in [1.165, 1.54) is 22.0 Å². The average molecular weight is 277 g/mol. The number of carbonyl (C=O) groups excluding carboxylic acids is 1. The number of nitrogens with zero attached hydrogens (tertiary/aromatic N) is 3. The van der Waals surface area contributed by atoms with Crippen LogP contribution in [-0.2, 0) is 4.79 Å². The molecule has 0 unspecified atom stereocenters. The molecule has 1 heterocycles. The third kappa shape index (κ3) is 3.25. The Morgan fingerprint density at radius 3 is 2.63 bits per heavy atom. The summed E-state index contributed by atoms with van der Waals surface area (Å²) in [5.74, 6) is 6.75. The number of rotatable bonds is 5. The summed E-state index contributed by atoms with van der Waals surface area (Å²) in [4.78, 5) is 10.7. The maximum atomic E-state index is 10.7. The lowest BCUT2D eigenvalue weighted by molar-refractivity contribution is -0.117. The Bertz CT molecular complexity index is 578. The first-order valence-electron chi connectivity index (χ1n) is 5.76. The zero-order chi connectivity index (χ0) is 13.8. The molecule has 0 aliphatic rings. The number of amides is 1. The Kier molecular flexibility index (Phi) is 4.06. The summed E-state index contributed by atoms with van der Waals surface area (Å²) in [6.45, 7) is 2.02. The largest absolute Gasteiger partial charge is 0.370 e. The number of nitrogen functional groups attached to an aromatic ring is 1. The second kappa shape index (κ2) is 5.75. The van der Waals surface area contributed by atoms with Gasteiger partial charge >= 0.3 is 0 Å². The molecule has 0 aliphatic heterocycles. The second-order valence-corrected chi connectivity index (χ2v) is 5.17. The minimum absolute atomic E-state index is 0.289. The van der Waals surface area contributed by atoms with Crippen LogP contribution in [0.4, 0.5) is 0 Å². The highest BCUT2D eigenvalue weighted by atomic mass is 32.2. The standard InChI is InChI=1S/C12H15N5OS/c1-8-2-4-9(5-3-8)11-15-16-12(17(11)14)19-7-6-10(13)18/h2-5H,6-7,14H2,1H3,(H2,13,18). The third-order valence-corrected chi connectivity index (χ3v) is 3.50. The molecule has 6 nitrogen and oxygen atoms in total. The van der Waals surface area contributed by atoms with Gasteiger partial charge in [0.15, 0.2) is 5.82 Å². The molecule has 2 rings (SSSR count). The number of hydrogen-bond acceptors (Lipinski definition) is 5.